The van der Waals surface area contributed by atoms with E-state index in [-0.39, 0.29) is 19.3 Å². The highest BCUT2D eigenvalue weighted by Crippen LogP contribution is 1.97. The highest BCUT2D eigenvalue weighted by Gasteiger charge is 2.14. The maximum atomic E-state index is 10.9. The highest BCUT2D eigenvalue weighted by atomic mass is 32.2. The predicted octanol–water partition coefficient (Wildman–Crippen LogP) is -0.782. The van der Waals surface area contributed by atoms with Crippen molar-refractivity contribution in [2.24, 2.45) is 0 Å². The van der Waals surface area contributed by atoms with Crippen LogP contribution in [0, 0.1) is 0 Å². The predicted molar refractivity (Wildman–Crippen MR) is 98.7 cm³/mol. The van der Waals surface area contributed by atoms with Gasteiger partial charge in [0.05, 0.1) is 65.7 Å². The first-order valence-corrected chi connectivity index (χ1v) is 10.6. The van der Waals surface area contributed by atoms with Gasteiger partial charge in [0.15, 0.2) is 13.2 Å². The fourth-order valence-corrected chi connectivity index (χ4v) is 2.11. The molecular weight excluding hydrogens is 384 g/mol. The fourth-order valence-electron chi connectivity index (χ4n) is 1.74. The van der Waals surface area contributed by atoms with Gasteiger partial charge in [-0.2, -0.15) is 8.42 Å². The minimum atomic E-state index is -3.47. The van der Waals surface area contributed by atoms with Gasteiger partial charge in [-0.1, -0.05) is 0 Å². The summed E-state index contributed by atoms with van der Waals surface area (Å²) >= 11 is 0. The fraction of sp³-hybridized carbons (Fsp3) is 1.00. The lowest BCUT2D eigenvalue weighted by Gasteiger charge is -2.16. The minimum absolute atomic E-state index is 0.0460. The first-order valence-electron chi connectivity index (χ1n) is 8.80. The summed E-state index contributed by atoms with van der Waals surface area (Å²) < 4.78 is 62.4. The molecule has 0 radical (unpaired) electrons. The molecule has 10 nitrogen and oxygen atoms in total. The standard InChI is InChI=1S/C16H34O10S/c1-19-4-6-21-8-10-23-14-16(25-12-13-26-27(3,17)18)15-24-11-9-22-7-5-20-2/h16H,4-15H2,1-3H3/p+1. The largest absolute Gasteiger partial charge is 0.430 e. The van der Waals surface area contributed by atoms with Crippen LogP contribution in [0.1, 0.15) is 0 Å². The second-order valence-electron chi connectivity index (χ2n) is 5.43. The van der Waals surface area contributed by atoms with Gasteiger partial charge in [-0.15, -0.1) is 0 Å². The number of methoxy groups -OCH3 is 2. The molecule has 1 unspecified atom stereocenters. The first kappa shape index (κ1) is 26.6. The number of hydrogen-bond donors (Lipinski definition) is 0. The minimum Gasteiger partial charge on any atom is -0.430 e. The molecule has 0 bridgehead atoms. The van der Waals surface area contributed by atoms with Gasteiger partial charge < -0.3 is 33.2 Å². The third-order valence-corrected chi connectivity index (χ3v) is 3.59. The zero-order valence-electron chi connectivity index (χ0n) is 16.6. The lowest BCUT2D eigenvalue weighted by atomic mass is 10.4. The normalized spacial score (nSPS) is 13.1. The van der Waals surface area contributed by atoms with Crippen molar-refractivity contribution in [3.05, 3.63) is 0 Å². The second kappa shape index (κ2) is 19.0. The van der Waals surface area contributed by atoms with E-state index in [0.29, 0.717) is 66.1 Å². The van der Waals surface area contributed by atoms with Crippen molar-refractivity contribution in [1.29, 1.82) is 0 Å². The van der Waals surface area contributed by atoms with Crippen molar-refractivity contribution in [1.82, 2.24) is 0 Å². The number of aliphatic hydroxyl groups is 2. The van der Waals surface area contributed by atoms with Crippen molar-refractivity contribution in [3.8, 4) is 0 Å². The molecule has 1 atom stereocenters. The lowest BCUT2D eigenvalue weighted by Crippen LogP contribution is -2.30. The van der Waals surface area contributed by atoms with E-state index in [1.54, 1.807) is 14.2 Å². The number of rotatable bonds is 21. The Morgan fingerprint density at radius 3 is 2.00 bits per heavy atom. The van der Waals surface area contributed by atoms with E-state index < -0.39 is 10.1 Å². The molecule has 164 valence electrons. The topological polar surface area (TPSA) is 112 Å². The summed E-state index contributed by atoms with van der Waals surface area (Å²) in [6, 6.07) is 0. The van der Waals surface area contributed by atoms with Crippen molar-refractivity contribution < 1.29 is 45.8 Å². The lowest BCUT2D eigenvalue weighted by molar-refractivity contribution is -0.139. The van der Waals surface area contributed by atoms with Crippen molar-refractivity contribution in [3.63, 3.8) is 0 Å². The van der Waals surface area contributed by atoms with Crippen LogP contribution >= 0.6 is 0 Å². The van der Waals surface area contributed by atoms with Crippen LogP contribution in [0.15, 0.2) is 0 Å². The van der Waals surface area contributed by atoms with E-state index in [1.165, 1.54) is 0 Å². The average Bonchev–Trinajstić information content (AvgIpc) is 2.62. The molecule has 0 fully saturated rings. The van der Waals surface area contributed by atoms with Gasteiger partial charge in [-0.3, -0.25) is 4.18 Å². The van der Waals surface area contributed by atoms with Gasteiger partial charge in [-0.25, -0.2) is 0 Å². The summed E-state index contributed by atoms with van der Waals surface area (Å²) in [5.41, 5.74) is 0. The first-order chi connectivity index (χ1) is 13.0. The van der Waals surface area contributed by atoms with Crippen LogP contribution < -0.4 is 0 Å². The molecule has 0 amide bonds. The van der Waals surface area contributed by atoms with Gasteiger partial charge in [0, 0.05) is 14.2 Å². The highest BCUT2D eigenvalue weighted by molar-refractivity contribution is 7.85. The van der Waals surface area contributed by atoms with E-state index in [1.807, 2.05) is 0 Å². The molecule has 0 heterocycles. The molecule has 0 rings (SSSR count). The molecule has 11 heteroatoms. The van der Waals surface area contributed by atoms with Crippen LogP contribution in [0.3, 0.4) is 0 Å². The van der Waals surface area contributed by atoms with E-state index in [9.17, 15) is 8.42 Å². The van der Waals surface area contributed by atoms with Crippen LogP contribution in [-0.4, -0.2) is 119 Å². The Labute approximate surface area is 162 Å². The van der Waals surface area contributed by atoms with Gasteiger partial charge in [0.25, 0.3) is 10.1 Å². The van der Waals surface area contributed by atoms with Crippen molar-refractivity contribution in [2.75, 3.05) is 99.8 Å². The Morgan fingerprint density at radius 1 is 0.778 bits per heavy atom. The average molecular weight is 420 g/mol. The molecule has 0 aliphatic carbocycles. The molecule has 27 heavy (non-hydrogen) atoms. The van der Waals surface area contributed by atoms with Crippen LogP contribution in [0.2, 0.25) is 0 Å². The quantitative estimate of drug-likeness (QED) is 0.134. The summed E-state index contributed by atoms with van der Waals surface area (Å²) in [4.78, 5) is 0. The third-order valence-electron chi connectivity index (χ3n) is 3.00. The zero-order valence-corrected chi connectivity index (χ0v) is 17.4. The van der Waals surface area contributed by atoms with Gasteiger partial charge in [0.2, 0.25) is 0 Å². The summed E-state index contributed by atoms with van der Waals surface area (Å²) in [6.07, 6.45) is 0.696. The molecule has 1 N–H and O–H groups in total. The summed E-state index contributed by atoms with van der Waals surface area (Å²) in [5.74, 6) is 0. The maximum absolute atomic E-state index is 10.9. The second-order valence-corrected chi connectivity index (χ2v) is 7.08. The summed E-state index contributed by atoms with van der Waals surface area (Å²) in [6.45, 7) is 4.86. The van der Waals surface area contributed by atoms with E-state index in [2.05, 4.69) is 8.92 Å². The van der Waals surface area contributed by atoms with Gasteiger partial charge >= 0.3 is 0 Å². The zero-order chi connectivity index (χ0) is 20.2. The molecule has 0 saturated heterocycles. The smallest absolute Gasteiger partial charge is 0.264 e. The monoisotopic (exact) mass is 419 g/mol. The molecule has 0 aliphatic heterocycles. The van der Waals surface area contributed by atoms with Gasteiger partial charge in [-0.05, 0) is 0 Å². The number of hydrogen-bond acceptors (Lipinski definition) is 9. The Morgan fingerprint density at radius 2 is 1.37 bits per heavy atom. The van der Waals surface area contributed by atoms with Crippen LogP contribution in [0.5, 0.6) is 0 Å². The van der Waals surface area contributed by atoms with Crippen LogP contribution in [-0.2, 0) is 42.7 Å². The molecular formula is C16H35O10S+. The van der Waals surface area contributed by atoms with Crippen LogP contribution in [0.4, 0.5) is 0 Å². The SMILES string of the molecule is COCCOCCOCC(C[OH+]CCOCCOC)OCCOS(C)(=O)=O. The molecule has 0 aromatic heterocycles. The molecule has 0 spiro atoms. The Bertz CT molecular complexity index is 386. The maximum Gasteiger partial charge on any atom is 0.264 e. The molecule has 0 aliphatic rings. The molecule has 0 saturated carbocycles. The molecule has 0 aromatic rings. The van der Waals surface area contributed by atoms with E-state index >= 15 is 0 Å². The molecule has 0 aromatic carbocycles. The van der Waals surface area contributed by atoms with Crippen LogP contribution in [0.25, 0.3) is 0 Å². The van der Waals surface area contributed by atoms with Gasteiger partial charge in [0.1, 0.15) is 12.7 Å². The van der Waals surface area contributed by atoms with E-state index in [4.69, 9.17) is 28.4 Å². The Kier molecular flexibility index (Phi) is 18.7. The Balaban J connectivity index is 3.91. The van der Waals surface area contributed by atoms with Crippen molar-refractivity contribution in [2.45, 2.75) is 6.10 Å². The van der Waals surface area contributed by atoms with Crippen molar-refractivity contribution >= 4 is 10.1 Å². The Hall–Kier alpha value is -0.370. The van der Waals surface area contributed by atoms with E-state index in [0.717, 1.165) is 6.26 Å². The summed E-state index contributed by atoms with van der Waals surface area (Å²) in [7, 11) is -0.245. The summed E-state index contributed by atoms with van der Waals surface area (Å²) in [5, 5.41) is 0. The third kappa shape index (κ3) is 21.8. The number of ether oxygens (including phenoxy) is 7.